The number of hydrogen-bond acceptors (Lipinski definition) is 6. The molecular formula is C19H22O6. The first-order valence-corrected chi connectivity index (χ1v) is 8.34. The highest BCUT2D eigenvalue weighted by atomic mass is 16.6. The first-order chi connectivity index (χ1) is 12.3. The minimum absolute atomic E-state index is 0.0548. The van der Waals surface area contributed by atoms with Crippen molar-refractivity contribution in [2.75, 3.05) is 39.6 Å². The largest absolute Gasteiger partial charge is 0.504 e. The van der Waals surface area contributed by atoms with E-state index in [-0.39, 0.29) is 5.75 Å². The van der Waals surface area contributed by atoms with Gasteiger partial charge in [0.1, 0.15) is 13.2 Å². The third-order valence-electron chi connectivity index (χ3n) is 3.57. The van der Waals surface area contributed by atoms with Crippen molar-refractivity contribution in [1.29, 1.82) is 0 Å². The summed E-state index contributed by atoms with van der Waals surface area (Å²) < 4.78 is 28.3. The smallest absolute Gasteiger partial charge is 0.203 e. The third kappa shape index (κ3) is 4.93. The van der Waals surface area contributed by atoms with Gasteiger partial charge in [0.25, 0.3) is 0 Å². The van der Waals surface area contributed by atoms with Crippen molar-refractivity contribution < 1.29 is 28.8 Å². The Morgan fingerprint density at radius 3 is 1.96 bits per heavy atom. The molecule has 0 atom stereocenters. The van der Waals surface area contributed by atoms with Crippen LogP contribution in [-0.4, -0.2) is 44.7 Å². The second-order valence-corrected chi connectivity index (χ2v) is 5.41. The maximum Gasteiger partial charge on any atom is 0.203 e. The second-order valence-electron chi connectivity index (χ2n) is 5.41. The molecule has 0 radical (unpaired) electrons. The van der Waals surface area contributed by atoms with Gasteiger partial charge in [-0.25, -0.2) is 0 Å². The zero-order valence-corrected chi connectivity index (χ0v) is 14.0. The molecule has 6 nitrogen and oxygen atoms in total. The monoisotopic (exact) mass is 346 g/mol. The summed E-state index contributed by atoms with van der Waals surface area (Å²) >= 11 is 0. The number of aromatic hydroxyl groups is 1. The molecular weight excluding hydrogens is 324 g/mol. The molecule has 1 heterocycles. The van der Waals surface area contributed by atoms with Crippen LogP contribution in [-0.2, 0) is 4.74 Å². The number of para-hydroxylation sites is 3. The molecule has 0 spiro atoms. The van der Waals surface area contributed by atoms with Gasteiger partial charge in [-0.2, -0.15) is 0 Å². The maximum absolute atomic E-state index is 9.99. The molecule has 6 heteroatoms. The zero-order chi connectivity index (χ0) is 17.3. The molecule has 0 bridgehead atoms. The van der Waals surface area contributed by atoms with Gasteiger partial charge in [0, 0.05) is 6.42 Å². The molecule has 2 aromatic rings. The van der Waals surface area contributed by atoms with Gasteiger partial charge in [-0.05, 0) is 24.3 Å². The maximum atomic E-state index is 9.99. The predicted octanol–water partition coefficient (Wildman–Crippen LogP) is 3.03. The highest BCUT2D eigenvalue weighted by Crippen LogP contribution is 2.36. The van der Waals surface area contributed by atoms with E-state index in [0.29, 0.717) is 69.1 Å². The number of rotatable bonds is 0. The molecule has 3 rings (SSSR count). The van der Waals surface area contributed by atoms with Crippen molar-refractivity contribution in [3.8, 4) is 28.7 Å². The summed E-state index contributed by atoms with van der Waals surface area (Å²) in [5.74, 6) is 2.29. The zero-order valence-electron chi connectivity index (χ0n) is 14.0. The number of benzene rings is 2. The molecule has 25 heavy (non-hydrogen) atoms. The van der Waals surface area contributed by atoms with Crippen molar-refractivity contribution in [1.82, 2.24) is 0 Å². The van der Waals surface area contributed by atoms with Gasteiger partial charge in [0.2, 0.25) is 5.75 Å². The van der Waals surface area contributed by atoms with Crippen molar-refractivity contribution in [2.24, 2.45) is 0 Å². The predicted molar refractivity (Wildman–Crippen MR) is 92.0 cm³/mol. The van der Waals surface area contributed by atoms with Crippen LogP contribution in [0.15, 0.2) is 42.5 Å². The molecule has 0 saturated carbocycles. The molecule has 0 aliphatic carbocycles. The summed E-state index contributed by atoms with van der Waals surface area (Å²) in [6.45, 7) is 2.52. The SMILES string of the molecule is Oc1cccc2c1OCCCOc1ccccc1OCCOCCO2. The van der Waals surface area contributed by atoms with Crippen molar-refractivity contribution in [3.63, 3.8) is 0 Å². The summed E-state index contributed by atoms with van der Waals surface area (Å²) in [4.78, 5) is 0. The summed E-state index contributed by atoms with van der Waals surface area (Å²) in [6, 6.07) is 12.6. The summed E-state index contributed by atoms with van der Waals surface area (Å²) in [6.07, 6.45) is 0.658. The summed E-state index contributed by atoms with van der Waals surface area (Å²) in [5, 5.41) is 9.99. The third-order valence-corrected chi connectivity index (χ3v) is 3.57. The Morgan fingerprint density at radius 1 is 0.600 bits per heavy atom. The minimum atomic E-state index is 0.0548. The van der Waals surface area contributed by atoms with E-state index in [4.69, 9.17) is 23.7 Å². The standard InChI is InChI=1S/C19H22O6/c20-15-5-3-8-18-19(15)25-10-4-9-22-16-6-1-2-7-17(16)23-13-11-21-12-14-24-18/h1-3,5-8,20H,4,9-14H2. The molecule has 2 aromatic carbocycles. The Bertz CT molecular complexity index is 673. The first-order valence-electron chi connectivity index (χ1n) is 8.34. The van der Waals surface area contributed by atoms with Crippen molar-refractivity contribution in [2.45, 2.75) is 6.42 Å². The van der Waals surface area contributed by atoms with Gasteiger partial charge in [-0.15, -0.1) is 0 Å². The summed E-state index contributed by atoms with van der Waals surface area (Å²) in [5.41, 5.74) is 0. The van der Waals surface area contributed by atoms with Crippen LogP contribution in [0.4, 0.5) is 0 Å². The number of phenols is 1. The van der Waals surface area contributed by atoms with E-state index in [1.165, 1.54) is 0 Å². The Kier molecular flexibility index (Phi) is 6.23. The van der Waals surface area contributed by atoms with Crippen LogP contribution in [0.1, 0.15) is 6.42 Å². The number of phenolic OH excluding ortho intramolecular Hbond substituents is 1. The van der Waals surface area contributed by atoms with Crippen molar-refractivity contribution in [3.05, 3.63) is 42.5 Å². The van der Waals surface area contributed by atoms with E-state index < -0.39 is 0 Å². The first kappa shape index (κ1) is 17.2. The fraction of sp³-hybridized carbons (Fsp3) is 0.368. The highest BCUT2D eigenvalue weighted by Gasteiger charge is 2.11. The minimum Gasteiger partial charge on any atom is -0.504 e. The van der Waals surface area contributed by atoms with Crippen LogP contribution in [0.2, 0.25) is 0 Å². The van der Waals surface area contributed by atoms with Gasteiger partial charge in [-0.3, -0.25) is 0 Å². The quantitative estimate of drug-likeness (QED) is 0.791. The van der Waals surface area contributed by atoms with E-state index in [9.17, 15) is 5.11 Å². The Hall–Kier alpha value is -2.60. The van der Waals surface area contributed by atoms with Crippen molar-refractivity contribution >= 4 is 0 Å². The molecule has 1 aliphatic heterocycles. The topological polar surface area (TPSA) is 66.4 Å². The van der Waals surface area contributed by atoms with Crippen LogP contribution < -0.4 is 18.9 Å². The van der Waals surface area contributed by atoms with Gasteiger partial charge >= 0.3 is 0 Å². The Morgan fingerprint density at radius 2 is 1.20 bits per heavy atom. The van der Waals surface area contributed by atoms with Gasteiger partial charge in [0.05, 0.1) is 26.4 Å². The van der Waals surface area contributed by atoms with Crippen LogP contribution in [0, 0.1) is 0 Å². The molecule has 0 aromatic heterocycles. The Labute approximate surface area is 146 Å². The average Bonchev–Trinajstić information content (AvgIpc) is 2.62. The lowest BCUT2D eigenvalue weighted by Crippen LogP contribution is -2.14. The molecule has 0 fully saturated rings. The van der Waals surface area contributed by atoms with E-state index in [1.807, 2.05) is 24.3 Å². The lowest BCUT2D eigenvalue weighted by atomic mass is 10.3. The molecule has 0 saturated heterocycles. The molecule has 134 valence electrons. The van der Waals surface area contributed by atoms with Gasteiger partial charge < -0.3 is 28.8 Å². The van der Waals surface area contributed by atoms with Crippen LogP contribution in [0.25, 0.3) is 0 Å². The molecule has 1 N–H and O–H groups in total. The fourth-order valence-corrected chi connectivity index (χ4v) is 2.39. The molecule has 0 unspecified atom stereocenters. The van der Waals surface area contributed by atoms with Gasteiger partial charge in [0.15, 0.2) is 23.0 Å². The van der Waals surface area contributed by atoms with E-state index in [1.54, 1.807) is 18.2 Å². The highest BCUT2D eigenvalue weighted by molar-refractivity contribution is 5.50. The van der Waals surface area contributed by atoms with E-state index in [0.717, 1.165) is 0 Å². The lowest BCUT2D eigenvalue weighted by molar-refractivity contribution is 0.0737. The van der Waals surface area contributed by atoms with Crippen LogP contribution in [0.3, 0.4) is 0 Å². The van der Waals surface area contributed by atoms with Crippen LogP contribution in [0.5, 0.6) is 28.7 Å². The Balaban J connectivity index is 1.67. The number of ether oxygens (including phenoxy) is 5. The van der Waals surface area contributed by atoms with E-state index in [2.05, 4.69) is 0 Å². The second kappa shape index (κ2) is 9.03. The van der Waals surface area contributed by atoms with Gasteiger partial charge in [-0.1, -0.05) is 18.2 Å². The normalized spacial score (nSPS) is 16.2. The number of hydrogen-bond donors (Lipinski definition) is 1. The molecule has 1 aliphatic rings. The average molecular weight is 346 g/mol. The lowest BCUT2D eigenvalue weighted by Gasteiger charge is -2.16. The van der Waals surface area contributed by atoms with E-state index >= 15 is 0 Å². The summed E-state index contributed by atoms with van der Waals surface area (Å²) in [7, 11) is 0. The molecule has 0 amide bonds. The number of fused-ring (bicyclic) bond motifs is 2. The van der Waals surface area contributed by atoms with Crippen LogP contribution >= 0.6 is 0 Å². The fourth-order valence-electron chi connectivity index (χ4n) is 2.39.